The second kappa shape index (κ2) is 23.7. The lowest BCUT2D eigenvalue weighted by molar-refractivity contribution is -0.946. The number of rotatable bonds is 26. The molecule has 1 aliphatic rings. The van der Waals surface area contributed by atoms with Crippen molar-refractivity contribution in [3.05, 3.63) is 47.7 Å². The fourth-order valence-corrected chi connectivity index (χ4v) is 7.30. The number of hydrogen-bond donors (Lipinski definition) is 0. The summed E-state index contributed by atoms with van der Waals surface area (Å²) >= 11 is 1.20. The van der Waals surface area contributed by atoms with Gasteiger partial charge in [-0.3, -0.25) is 14.1 Å². The molecule has 3 rings (SSSR count). The number of benzene rings is 1. The van der Waals surface area contributed by atoms with E-state index in [9.17, 15) is 9.59 Å². The van der Waals surface area contributed by atoms with Crippen LogP contribution in [0.3, 0.4) is 0 Å². The highest BCUT2D eigenvalue weighted by atomic mass is 32.1. The van der Waals surface area contributed by atoms with Gasteiger partial charge in [-0.25, -0.2) is 0 Å². The van der Waals surface area contributed by atoms with E-state index in [1.807, 2.05) is 26.8 Å². The fraction of sp³-hybridized carbons (Fsp3) is 0.714. The maximum absolute atomic E-state index is 13.3. The number of hydrogen-bond acceptors (Lipinski definition) is 8. The molecular formula is C42H68N3O5S+. The fourth-order valence-electron chi connectivity index (χ4n) is 6.77. The summed E-state index contributed by atoms with van der Waals surface area (Å²) in [6.45, 7) is 10.2. The van der Waals surface area contributed by atoms with Gasteiger partial charge in [0.25, 0.3) is 5.88 Å². The number of quaternary nitrogens is 1. The van der Waals surface area contributed by atoms with Crippen LogP contribution < -0.4 is 4.74 Å². The molecule has 0 saturated heterocycles. The standard InChI is InChI=1S/C42H68N3O5S/c1-6-7-8-24-32-48-41-40(43-51-44-41)36-28-25-31-45(5,34-36)37(33-35-26-20-19-21-27-35)49-38(46)29-22-17-15-13-11-9-10-12-14-16-18-23-30-39(47)50-42(2,3)4/h19-21,26-28,37H,6-18,22-25,29-34H2,1-5H3/q+1. The summed E-state index contributed by atoms with van der Waals surface area (Å²) in [5.74, 6) is 0.463. The summed E-state index contributed by atoms with van der Waals surface area (Å²) in [7, 11) is 2.21. The first-order chi connectivity index (χ1) is 24.6. The van der Waals surface area contributed by atoms with Gasteiger partial charge >= 0.3 is 11.9 Å². The molecule has 2 atom stereocenters. The summed E-state index contributed by atoms with van der Waals surface area (Å²) in [6.07, 6.45) is 23.0. The first kappa shape index (κ1) is 42.6. The second-order valence-electron chi connectivity index (χ2n) is 15.7. The van der Waals surface area contributed by atoms with Gasteiger partial charge in [0, 0.05) is 24.8 Å². The molecule has 286 valence electrons. The number of esters is 2. The van der Waals surface area contributed by atoms with Crippen LogP contribution in [-0.2, 0) is 25.5 Å². The summed E-state index contributed by atoms with van der Waals surface area (Å²) in [5.41, 5.74) is 2.76. The third-order valence-electron chi connectivity index (χ3n) is 9.71. The zero-order valence-electron chi connectivity index (χ0n) is 32.6. The van der Waals surface area contributed by atoms with E-state index in [1.54, 1.807) is 0 Å². The second-order valence-corrected chi connectivity index (χ2v) is 16.2. The monoisotopic (exact) mass is 726 g/mol. The van der Waals surface area contributed by atoms with Crippen molar-refractivity contribution < 1.29 is 28.3 Å². The summed E-state index contributed by atoms with van der Waals surface area (Å²) in [4.78, 5) is 25.1. The van der Waals surface area contributed by atoms with E-state index in [4.69, 9.17) is 14.2 Å². The maximum Gasteiger partial charge on any atom is 0.310 e. The van der Waals surface area contributed by atoms with E-state index >= 15 is 0 Å². The Morgan fingerprint density at radius 3 is 2.00 bits per heavy atom. The van der Waals surface area contributed by atoms with E-state index in [1.165, 1.54) is 75.1 Å². The highest BCUT2D eigenvalue weighted by molar-refractivity contribution is 6.99. The van der Waals surface area contributed by atoms with Crippen LogP contribution in [0.15, 0.2) is 36.4 Å². The number of carbonyl (C=O) groups excluding carboxylic acids is 2. The molecule has 0 N–H and O–H groups in total. The van der Waals surface area contributed by atoms with E-state index < -0.39 is 0 Å². The van der Waals surface area contributed by atoms with E-state index in [2.05, 4.69) is 53.1 Å². The smallest absolute Gasteiger partial charge is 0.310 e. The molecule has 1 aromatic heterocycles. The maximum atomic E-state index is 13.3. The van der Waals surface area contributed by atoms with Crippen molar-refractivity contribution in [3.8, 4) is 5.88 Å². The lowest BCUT2D eigenvalue weighted by Crippen LogP contribution is -2.57. The summed E-state index contributed by atoms with van der Waals surface area (Å²) < 4.78 is 27.6. The van der Waals surface area contributed by atoms with Crippen LogP contribution in [0.4, 0.5) is 0 Å². The van der Waals surface area contributed by atoms with Gasteiger partial charge in [-0.15, -0.1) is 4.37 Å². The van der Waals surface area contributed by atoms with Gasteiger partial charge in [-0.05, 0) is 45.6 Å². The van der Waals surface area contributed by atoms with E-state index in [0.29, 0.717) is 36.2 Å². The van der Waals surface area contributed by atoms with Crippen LogP contribution in [0.2, 0.25) is 0 Å². The van der Waals surface area contributed by atoms with Crippen LogP contribution in [0.25, 0.3) is 5.57 Å². The van der Waals surface area contributed by atoms with Crippen molar-refractivity contribution in [2.75, 3.05) is 26.7 Å². The van der Waals surface area contributed by atoms with Gasteiger partial charge < -0.3 is 14.2 Å². The van der Waals surface area contributed by atoms with Crippen molar-refractivity contribution in [2.24, 2.45) is 0 Å². The predicted octanol–water partition coefficient (Wildman–Crippen LogP) is 10.6. The number of likely N-dealkylation sites (N-methyl/N-ethyl adjacent to an activating group) is 1. The third-order valence-corrected chi connectivity index (χ3v) is 10.2. The Morgan fingerprint density at radius 1 is 0.804 bits per heavy atom. The predicted molar refractivity (Wildman–Crippen MR) is 209 cm³/mol. The van der Waals surface area contributed by atoms with Crippen molar-refractivity contribution in [1.29, 1.82) is 0 Å². The van der Waals surface area contributed by atoms with Gasteiger partial charge in [0.2, 0.25) is 6.23 Å². The van der Waals surface area contributed by atoms with Crippen molar-refractivity contribution in [3.63, 3.8) is 0 Å². The Kier molecular flexibility index (Phi) is 19.8. The average Bonchev–Trinajstić information content (AvgIpc) is 3.56. The van der Waals surface area contributed by atoms with Crippen LogP contribution >= 0.6 is 11.7 Å². The third kappa shape index (κ3) is 17.5. The Morgan fingerprint density at radius 2 is 1.39 bits per heavy atom. The first-order valence-electron chi connectivity index (χ1n) is 20.0. The van der Waals surface area contributed by atoms with Gasteiger partial charge in [0.1, 0.15) is 17.8 Å². The van der Waals surface area contributed by atoms with Crippen molar-refractivity contribution in [1.82, 2.24) is 8.75 Å². The zero-order valence-corrected chi connectivity index (χ0v) is 33.4. The Bertz CT molecular complexity index is 1290. The molecule has 2 heterocycles. The normalized spacial score (nSPS) is 16.8. The highest BCUT2D eigenvalue weighted by Crippen LogP contribution is 2.33. The molecule has 0 saturated carbocycles. The Balaban J connectivity index is 1.36. The number of aromatic nitrogens is 2. The molecule has 1 aliphatic heterocycles. The number of carbonyl (C=O) groups is 2. The topological polar surface area (TPSA) is 87.6 Å². The minimum Gasteiger partial charge on any atom is -0.475 e. The molecule has 51 heavy (non-hydrogen) atoms. The Labute approximate surface area is 313 Å². The molecule has 8 nitrogen and oxygen atoms in total. The zero-order chi connectivity index (χ0) is 36.8. The van der Waals surface area contributed by atoms with Gasteiger partial charge in [-0.1, -0.05) is 127 Å². The minimum atomic E-state index is -0.388. The molecule has 0 spiro atoms. The molecule has 1 aromatic carbocycles. The van der Waals surface area contributed by atoms with E-state index in [0.717, 1.165) is 75.7 Å². The lowest BCUT2D eigenvalue weighted by atomic mass is 10.0. The van der Waals surface area contributed by atoms with Crippen LogP contribution in [0.1, 0.15) is 161 Å². The largest absolute Gasteiger partial charge is 0.475 e. The molecule has 2 aromatic rings. The van der Waals surface area contributed by atoms with Crippen LogP contribution in [0, 0.1) is 0 Å². The number of ether oxygens (including phenoxy) is 3. The summed E-state index contributed by atoms with van der Waals surface area (Å²) in [6, 6.07) is 10.4. The SMILES string of the molecule is CCCCCCOc1nsnc1C1=CCC[N+](C)(C(Cc2ccccc2)OC(=O)CCCCCCCCCCCCCCC(=O)OC(C)(C)C)C1. The van der Waals surface area contributed by atoms with E-state index in [-0.39, 0.29) is 23.8 Å². The van der Waals surface area contributed by atoms with Crippen molar-refractivity contribution in [2.45, 2.75) is 168 Å². The van der Waals surface area contributed by atoms with Crippen LogP contribution in [-0.4, -0.2) is 63.7 Å². The minimum absolute atomic E-state index is 0.0787. The van der Waals surface area contributed by atoms with Crippen LogP contribution in [0.5, 0.6) is 5.88 Å². The molecule has 0 fully saturated rings. The Hall–Kier alpha value is -2.78. The summed E-state index contributed by atoms with van der Waals surface area (Å²) in [5, 5.41) is 0. The number of nitrogens with zero attached hydrogens (tertiary/aromatic N) is 3. The molecule has 0 radical (unpaired) electrons. The lowest BCUT2D eigenvalue weighted by Gasteiger charge is -2.42. The van der Waals surface area contributed by atoms with Gasteiger partial charge in [-0.2, -0.15) is 4.37 Å². The average molecular weight is 727 g/mol. The quantitative estimate of drug-likeness (QED) is 0.0542. The molecule has 9 heteroatoms. The molecule has 0 bridgehead atoms. The first-order valence-corrected chi connectivity index (χ1v) is 20.8. The van der Waals surface area contributed by atoms with Gasteiger partial charge in [0.15, 0.2) is 0 Å². The molecule has 0 amide bonds. The molecule has 0 aliphatic carbocycles. The van der Waals surface area contributed by atoms with Crippen molar-refractivity contribution >= 4 is 29.2 Å². The highest BCUT2D eigenvalue weighted by Gasteiger charge is 2.39. The number of unbranched alkanes of at least 4 members (excludes halogenated alkanes) is 14. The molecule has 2 unspecified atom stereocenters. The van der Waals surface area contributed by atoms with Gasteiger partial charge in [0.05, 0.1) is 38.3 Å². The molecular weight excluding hydrogens is 659 g/mol.